The highest BCUT2D eigenvalue weighted by Crippen LogP contribution is 2.56. The summed E-state index contributed by atoms with van der Waals surface area (Å²) in [5, 5.41) is 5.30. The van der Waals surface area contributed by atoms with Crippen LogP contribution in [0.5, 0.6) is 5.75 Å². The first-order valence-corrected chi connectivity index (χ1v) is 19.0. The van der Waals surface area contributed by atoms with Gasteiger partial charge in [-0.1, -0.05) is 106 Å². The number of benzene rings is 4. The fourth-order valence-corrected chi connectivity index (χ4v) is 8.63. The molecule has 0 radical (unpaired) electrons. The van der Waals surface area contributed by atoms with Crippen LogP contribution >= 0.6 is 7.57 Å². The van der Waals surface area contributed by atoms with Crippen molar-refractivity contribution in [2.24, 2.45) is 15.7 Å². The fourth-order valence-electron chi connectivity index (χ4n) is 6.01. The smallest absolute Gasteiger partial charge is 0.298 e. The average molecular weight is 667 g/mol. The van der Waals surface area contributed by atoms with Crippen LogP contribution in [-0.4, -0.2) is 37.5 Å². The van der Waals surface area contributed by atoms with Gasteiger partial charge in [0.05, 0.1) is 6.61 Å². The summed E-state index contributed by atoms with van der Waals surface area (Å²) >= 11 is 0. The molecule has 48 heavy (non-hydrogen) atoms. The molecule has 0 amide bonds. The van der Waals surface area contributed by atoms with Gasteiger partial charge in [0.15, 0.2) is 12.1 Å². The van der Waals surface area contributed by atoms with Gasteiger partial charge in [-0.2, -0.15) is 0 Å². The van der Waals surface area contributed by atoms with Gasteiger partial charge in [-0.25, -0.2) is 9.98 Å². The first-order valence-electron chi connectivity index (χ1n) is 17.3. The van der Waals surface area contributed by atoms with Crippen molar-refractivity contribution in [3.05, 3.63) is 120 Å². The van der Waals surface area contributed by atoms with Crippen LogP contribution in [0.2, 0.25) is 0 Å². The minimum absolute atomic E-state index is 0.346. The average Bonchev–Trinajstić information content (AvgIpc) is 3.12. The molecule has 0 aliphatic carbocycles. The number of rotatable bonds is 17. The van der Waals surface area contributed by atoms with Crippen molar-refractivity contribution >= 4 is 35.4 Å². The lowest BCUT2D eigenvalue weighted by Crippen LogP contribution is -2.46. The Morgan fingerprint density at radius 1 is 0.667 bits per heavy atom. The molecule has 252 valence electrons. The van der Waals surface area contributed by atoms with E-state index in [2.05, 4.69) is 27.4 Å². The molecular formula is C40H50FN5OP+. The standard InChI is InChI=1S/C40H50FN5OP/c1-46(2)40-44-38(43-39(42)45-40)33-25-27-34(28-26-33)47-31-17-9-7-5-3-4-6-8-12-18-32-23-29-37(30-24-32)48(41,35-19-13-10-14-20-35)36-21-15-11-16-22-36/h10-11,13-16,19-30,38H,3-9,12,17-18,31H2,1-2H3,(H3,42,43,44,45)/q+1. The molecule has 3 N–H and O–H groups in total. The van der Waals surface area contributed by atoms with Gasteiger partial charge < -0.3 is 15.4 Å². The Morgan fingerprint density at radius 3 is 1.75 bits per heavy atom. The monoisotopic (exact) mass is 666 g/mol. The molecule has 0 fully saturated rings. The highest BCUT2D eigenvalue weighted by molar-refractivity contribution is 7.91. The van der Waals surface area contributed by atoms with E-state index in [1.165, 1.54) is 56.9 Å². The maximum atomic E-state index is 16.9. The van der Waals surface area contributed by atoms with E-state index < -0.39 is 7.57 Å². The third-order valence-corrected chi connectivity index (χ3v) is 11.8. The topological polar surface area (TPSA) is 75.2 Å². The Bertz CT molecular complexity index is 1560. The predicted octanol–water partition coefficient (Wildman–Crippen LogP) is 7.83. The van der Waals surface area contributed by atoms with Crippen LogP contribution in [0, 0.1) is 0 Å². The lowest BCUT2D eigenvalue weighted by molar-refractivity contribution is 0.304. The van der Waals surface area contributed by atoms with E-state index in [9.17, 15) is 0 Å². The van der Waals surface area contributed by atoms with Gasteiger partial charge in [-0.3, -0.25) is 5.32 Å². The van der Waals surface area contributed by atoms with Crippen LogP contribution in [0.3, 0.4) is 0 Å². The summed E-state index contributed by atoms with van der Waals surface area (Å²) in [4.78, 5) is 10.9. The van der Waals surface area contributed by atoms with Crippen LogP contribution in [0.1, 0.15) is 75.1 Å². The molecule has 0 spiro atoms. The first-order chi connectivity index (χ1) is 23.4. The number of hydrogen-bond donors (Lipinski definition) is 2. The number of aliphatic imine (C=N–C) groups is 2. The van der Waals surface area contributed by atoms with Gasteiger partial charge in [0.25, 0.3) is 7.57 Å². The lowest BCUT2D eigenvalue weighted by Gasteiger charge is -2.23. The minimum Gasteiger partial charge on any atom is -0.494 e. The van der Waals surface area contributed by atoms with Crippen molar-refractivity contribution in [2.45, 2.75) is 70.4 Å². The van der Waals surface area contributed by atoms with Crippen molar-refractivity contribution in [1.82, 2.24) is 10.2 Å². The largest absolute Gasteiger partial charge is 0.494 e. The van der Waals surface area contributed by atoms with E-state index in [1.54, 1.807) is 0 Å². The maximum absolute atomic E-state index is 16.9. The number of nitrogens with two attached hydrogens (primary N) is 1. The van der Waals surface area contributed by atoms with Gasteiger partial charge >= 0.3 is 0 Å². The molecule has 1 aliphatic heterocycles. The molecule has 0 bridgehead atoms. The van der Waals surface area contributed by atoms with Gasteiger partial charge in [0.1, 0.15) is 21.7 Å². The minimum atomic E-state index is -3.15. The van der Waals surface area contributed by atoms with Gasteiger partial charge in [0, 0.05) is 14.1 Å². The van der Waals surface area contributed by atoms with Crippen molar-refractivity contribution in [3.63, 3.8) is 0 Å². The third-order valence-electron chi connectivity index (χ3n) is 8.74. The van der Waals surface area contributed by atoms with Crippen molar-refractivity contribution in [3.8, 4) is 5.75 Å². The number of aryl methyl sites for hydroxylation is 1. The summed E-state index contributed by atoms with van der Waals surface area (Å²) in [5.41, 5.74) is 8.20. The summed E-state index contributed by atoms with van der Waals surface area (Å²) in [6.07, 6.45) is 11.8. The molecule has 0 saturated carbocycles. The molecule has 4 aromatic rings. The Morgan fingerprint density at radius 2 is 1.19 bits per heavy atom. The molecule has 1 heterocycles. The van der Waals surface area contributed by atoms with Gasteiger partial charge in [-0.05, 0) is 83.1 Å². The Hall–Kier alpha value is -4.22. The Balaban J connectivity index is 0.928. The number of nitrogens with zero attached hydrogens (tertiary/aromatic N) is 3. The molecule has 0 saturated heterocycles. The van der Waals surface area contributed by atoms with Crippen LogP contribution < -0.4 is 31.7 Å². The van der Waals surface area contributed by atoms with Gasteiger partial charge in [0.2, 0.25) is 5.96 Å². The number of ether oxygens (including phenoxy) is 1. The SMILES string of the molecule is CN(C)C1=NC(c2ccc(OCCCCCCCCCCCc3ccc([P+](F)(c4ccccc4)c4ccccc4)cc3)cc2)N=C(N)N1. The van der Waals surface area contributed by atoms with E-state index in [0.717, 1.165) is 46.7 Å². The number of hydrogen-bond acceptors (Lipinski definition) is 6. The number of nitrogens with one attached hydrogen (secondary N) is 1. The summed E-state index contributed by atoms with van der Waals surface area (Å²) in [5.74, 6) is 1.93. The molecule has 8 heteroatoms. The van der Waals surface area contributed by atoms with E-state index >= 15 is 4.20 Å². The second-order valence-corrected chi connectivity index (χ2v) is 15.4. The maximum Gasteiger partial charge on any atom is 0.298 e. The summed E-state index contributed by atoms with van der Waals surface area (Å²) < 4.78 is 22.9. The highest BCUT2D eigenvalue weighted by atomic mass is 31.2. The number of halogens is 1. The zero-order valence-corrected chi connectivity index (χ0v) is 29.3. The predicted molar refractivity (Wildman–Crippen MR) is 202 cm³/mol. The van der Waals surface area contributed by atoms with Crippen LogP contribution in [-0.2, 0) is 6.42 Å². The fraction of sp³-hybridized carbons (Fsp3) is 0.350. The summed E-state index contributed by atoms with van der Waals surface area (Å²) in [6, 6.07) is 35.6. The van der Waals surface area contributed by atoms with E-state index in [4.69, 9.17) is 10.5 Å². The zero-order valence-electron chi connectivity index (χ0n) is 28.4. The molecule has 4 aromatic carbocycles. The van der Waals surface area contributed by atoms with Gasteiger partial charge in [-0.15, -0.1) is 0 Å². The molecule has 1 aliphatic rings. The lowest BCUT2D eigenvalue weighted by atomic mass is 10.0. The first kappa shape index (κ1) is 35.1. The van der Waals surface area contributed by atoms with E-state index in [0.29, 0.717) is 11.9 Å². The zero-order chi connectivity index (χ0) is 33.6. The van der Waals surface area contributed by atoms with Crippen molar-refractivity contribution < 1.29 is 8.93 Å². The third kappa shape index (κ3) is 9.67. The summed E-state index contributed by atoms with van der Waals surface area (Å²) in [6.45, 7) is 0.730. The quantitative estimate of drug-likeness (QED) is 0.0890. The summed E-state index contributed by atoms with van der Waals surface area (Å²) in [7, 11) is 0.688. The molecule has 6 nitrogen and oxygen atoms in total. The van der Waals surface area contributed by atoms with E-state index in [1.807, 2.05) is 116 Å². The molecule has 1 unspecified atom stereocenters. The van der Waals surface area contributed by atoms with Crippen molar-refractivity contribution in [1.29, 1.82) is 0 Å². The second kappa shape index (κ2) is 17.8. The number of unbranched alkanes of at least 4 members (excludes halogenated alkanes) is 8. The second-order valence-electron chi connectivity index (χ2n) is 12.6. The van der Waals surface area contributed by atoms with Crippen LogP contribution in [0.15, 0.2) is 119 Å². The number of guanidine groups is 2. The van der Waals surface area contributed by atoms with E-state index in [-0.39, 0.29) is 6.17 Å². The molecule has 1 atom stereocenters. The normalized spacial score (nSPS) is 14.5. The van der Waals surface area contributed by atoms with Crippen molar-refractivity contribution in [2.75, 3.05) is 20.7 Å². The Labute approximate surface area is 286 Å². The van der Waals surface area contributed by atoms with Crippen LogP contribution in [0.25, 0.3) is 0 Å². The molecular weight excluding hydrogens is 616 g/mol. The molecule has 0 aromatic heterocycles. The Kier molecular flexibility index (Phi) is 13.0. The molecule has 5 rings (SSSR count). The highest BCUT2D eigenvalue weighted by Gasteiger charge is 2.47. The van der Waals surface area contributed by atoms with Crippen LogP contribution in [0.4, 0.5) is 4.20 Å².